The number of carbonyl (C=O) groups is 3. The van der Waals surface area contributed by atoms with E-state index >= 15 is 0 Å². The van der Waals surface area contributed by atoms with E-state index < -0.39 is 42.9 Å². The molecule has 182 valence electrons. The average Bonchev–Trinajstić information content (AvgIpc) is 3.13. The maximum absolute atomic E-state index is 12.7. The smallest absolute Gasteiger partial charge is 0.407 e. The van der Waals surface area contributed by atoms with Crippen molar-refractivity contribution in [2.75, 3.05) is 6.61 Å². The van der Waals surface area contributed by atoms with Gasteiger partial charge in [-0.1, -0.05) is 68.8 Å². The molecule has 0 radical (unpaired) electrons. The molecule has 0 fully saturated rings. The van der Waals surface area contributed by atoms with Crippen LogP contribution in [0.4, 0.5) is 13.6 Å². The van der Waals surface area contributed by atoms with E-state index in [1.54, 1.807) is 13.8 Å². The Morgan fingerprint density at radius 3 is 2.06 bits per heavy atom. The number of alkyl halides is 2. The van der Waals surface area contributed by atoms with Crippen molar-refractivity contribution in [3.05, 3.63) is 59.7 Å². The molecule has 2 aromatic carbocycles. The minimum absolute atomic E-state index is 0.0395. The van der Waals surface area contributed by atoms with Crippen molar-refractivity contribution in [1.82, 2.24) is 10.6 Å². The fraction of sp³-hybridized carbons (Fsp3) is 0.400. The maximum atomic E-state index is 12.7. The summed E-state index contributed by atoms with van der Waals surface area (Å²) in [5, 5.41) is 13.7. The number of amides is 2. The van der Waals surface area contributed by atoms with Gasteiger partial charge in [0.2, 0.25) is 12.3 Å². The molecule has 0 saturated heterocycles. The van der Waals surface area contributed by atoms with Gasteiger partial charge >= 0.3 is 12.1 Å². The summed E-state index contributed by atoms with van der Waals surface area (Å²) in [6, 6.07) is 12.8. The standard InChI is InChI=1S/C25H28F2N2O5/c1-3-14(2)22(23(30)28-20(24(31)32)12-21(26)27)29-25(33)34-13-19-17-10-6-4-8-15(17)16-9-5-7-11-18(16)19/h4-11,14,19-22H,3,12-13H2,1-2H3,(H,28,30)(H,29,33)(H,31,32)/t14?,20?,22-/m0/s1. The monoisotopic (exact) mass is 474 g/mol. The zero-order valence-electron chi connectivity index (χ0n) is 19.0. The lowest BCUT2D eigenvalue weighted by Crippen LogP contribution is -2.54. The maximum Gasteiger partial charge on any atom is 0.407 e. The zero-order valence-corrected chi connectivity index (χ0v) is 19.0. The number of rotatable bonds is 10. The number of halogens is 2. The summed E-state index contributed by atoms with van der Waals surface area (Å²) in [7, 11) is 0. The van der Waals surface area contributed by atoms with Crippen LogP contribution in [-0.2, 0) is 14.3 Å². The lowest BCUT2D eigenvalue weighted by molar-refractivity contribution is -0.143. The van der Waals surface area contributed by atoms with Crippen molar-refractivity contribution in [3.8, 4) is 11.1 Å². The van der Waals surface area contributed by atoms with Crippen molar-refractivity contribution >= 4 is 18.0 Å². The number of benzene rings is 2. The van der Waals surface area contributed by atoms with E-state index in [1.165, 1.54) is 0 Å². The van der Waals surface area contributed by atoms with Crippen molar-refractivity contribution in [2.45, 2.75) is 51.1 Å². The first kappa shape index (κ1) is 25.1. The van der Waals surface area contributed by atoms with Crippen LogP contribution < -0.4 is 10.6 Å². The molecule has 2 aromatic rings. The van der Waals surface area contributed by atoms with Crippen molar-refractivity contribution in [1.29, 1.82) is 0 Å². The minimum atomic E-state index is -2.90. The fourth-order valence-electron chi connectivity index (χ4n) is 4.13. The van der Waals surface area contributed by atoms with Gasteiger partial charge in [0.25, 0.3) is 0 Å². The van der Waals surface area contributed by atoms with Crippen molar-refractivity contribution < 1.29 is 33.0 Å². The van der Waals surface area contributed by atoms with Gasteiger partial charge < -0.3 is 20.5 Å². The molecule has 0 aliphatic heterocycles. The van der Waals surface area contributed by atoms with Crippen LogP contribution in [0.25, 0.3) is 11.1 Å². The van der Waals surface area contributed by atoms with Gasteiger partial charge in [0, 0.05) is 12.3 Å². The summed E-state index contributed by atoms with van der Waals surface area (Å²) in [6.45, 7) is 3.52. The third-order valence-corrected chi connectivity index (χ3v) is 6.14. The summed E-state index contributed by atoms with van der Waals surface area (Å²) < 4.78 is 30.8. The number of fused-ring (bicyclic) bond motifs is 3. The Labute approximate surface area is 196 Å². The summed E-state index contributed by atoms with van der Waals surface area (Å²) in [4.78, 5) is 36.5. The Balaban J connectivity index is 1.68. The van der Waals surface area contributed by atoms with Crippen LogP contribution in [0.1, 0.15) is 43.7 Å². The lowest BCUT2D eigenvalue weighted by Gasteiger charge is -2.25. The van der Waals surface area contributed by atoms with Crippen molar-refractivity contribution in [2.24, 2.45) is 5.92 Å². The number of nitrogens with one attached hydrogen (secondary N) is 2. The number of hydrogen-bond donors (Lipinski definition) is 3. The lowest BCUT2D eigenvalue weighted by atomic mass is 9.97. The number of hydrogen-bond acceptors (Lipinski definition) is 4. The SMILES string of the molecule is CCC(C)[C@H](NC(=O)OCC1c2ccccc2-c2ccccc21)C(=O)NC(CC(F)F)C(=O)O. The Bertz CT molecular complexity index is 1000. The largest absolute Gasteiger partial charge is 0.480 e. The molecule has 0 saturated carbocycles. The number of carboxylic acids is 1. The van der Waals surface area contributed by atoms with Gasteiger partial charge in [0.05, 0.1) is 0 Å². The predicted molar refractivity (Wildman–Crippen MR) is 122 cm³/mol. The fourth-order valence-corrected chi connectivity index (χ4v) is 4.13. The first-order valence-corrected chi connectivity index (χ1v) is 11.2. The highest BCUT2D eigenvalue weighted by Gasteiger charge is 2.33. The van der Waals surface area contributed by atoms with Gasteiger partial charge in [-0.25, -0.2) is 18.4 Å². The van der Waals surface area contributed by atoms with E-state index in [-0.39, 0.29) is 18.4 Å². The molecule has 0 heterocycles. The van der Waals surface area contributed by atoms with Crippen LogP contribution in [0, 0.1) is 5.92 Å². The van der Waals surface area contributed by atoms with Crippen LogP contribution in [0.2, 0.25) is 0 Å². The molecule has 3 atom stereocenters. The second-order valence-electron chi connectivity index (χ2n) is 8.36. The predicted octanol–water partition coefficient (Wildman–Crippen LogP) is 4.16. The molecular weight excluding hydrogens is 446 g/mol. The molecule has 2 amide bonds. The first-order valence-electron chi connectivity index (χ1n) is 11.2. The molecule has 0 bridgehead atoms. The third kappa shape index (κ3) is 5.70. The van der Waals surface area contributed by atoms with Crippen LogP contribution in [0.15, 0.2) is 48.5 Å². The molecule has 34 heavy (non-hydrogen) atoms. The molecule has 3 rings (SSSR count). The van der Waals surface area contributed by atoms with Gasteiger partial charge in [-0.15, -0.1) is 0 Å². The summed E-state index contributed by atoms with van der Waals surface area (Å²) in [5.74, 6) is -2.98. The highest BCUT2D eigenvalue weighted by Crippen LogP contribution is 2.44. The van der Waals surface area contributed by atoms with Crippen molar-refractivity contribution in [3.63, 3.8) is 0 Å². The molecule has 1 aliphatic rings. The molecule has 0 spiro atoms. The molecule has 1 aliphatic carbocycles. The molecule has 7 nitrogen and oxygen atoms in total. The average molecular weight is 475 g/mol. The van der Waals surface area contributed by atoms with Gasteiger partial charge in [-0.3, -0.25) is 4.79 Å². The molecule has 9 heteroatoms. The molecular formula is C25H28F2N2O5. The Hall–Kier alpha value is -3.49. The number of aliphatic carboxylic acids is 1. The van der Waals surface area contributed by atoms with E-state index in [0.29, 0.717) is 6.42 Å². The van der Waals surface area contributed by atoms with Gasteiger partial charge in [-0.05, 0) is 28.2 Å². The molecule has 0 aromatic heterocycles. The van der Waals surface area contributed by atoms with Crippen LogP contribution in [0.3, 0.4) is 0 Å². The zero-order chi connectivity index (χ0) is 24.8. The van der Waals surface area contributed by atoms with Crippen LogP contribution in [0.5, 0.6) is 0 Å². The highest BCUT2D eigenvalue weighted by molar-refractivity contribution is 5.89. The van der Waals surface area contributed by atoms with E-state index in [9.17, 15) is 23.2 Å². The Morgan fingerprint density at radius 2 is 1.56 bits per heavy atom. The van der Waals surface area contributed by atoms with E-state index in [4.69, 9.17) is 9.84 Å². The molecule has 3 N–H and O–H groups in total. The first-order chi connectivity index (χ1) is 16.2. The number of ether oxygens (including phenoxy) is 1. The third-order valence-electron chi connectivity index (χ3n) is 6.14. The second kappa shape index (κ2) is 11.1. The summed E-state index contributed by atoms with van der Waals surface area (Å²) in [5.41, 5.74) is 4.21. The summed E-state index contributed by atoms with van der Waals surface area (Å²) >= 11 is 0. The Morgan fingerprint density at radius 1 is 1.00 bits per heavy atom. The Kier molecular flexibility index (Phi) is 8.20. The molecule has 2 unspecified atom stereocenters. The van der Waals surface area contributed by atoms with E-state index in [0.717, 1.165) is 22.3 Å². The quantitative estimate of drug-likeness (QED) is 0.480. The minimum Gasteiger partial charge on any atom is -0.480 e. The normalized spacial score (nSPS) is 15.1. The highest BCUT2D eigenvalue weighted by atomic mass is 19.3. The van der Waals surface area contributed by atoms with E-state index in [2.05, 4.69) is 10.6 Å². The van der Waals surface area contributed by atoms with Gasteiger partial charge in [-0.2, -0.15) is 0 Å². The van der Waals surface area contributed by atoms with Crippen LogP contribution >= 0.6 is 0 Å². The number of alkyl carbamates (subject to hydrolysis) is 1. The second-order valence-corrected chi connectivity index (χ2v) is 8.36. The van der Waals surface area contributed by atoms with E-state index in [1.807, 2.05) is 48.5 Å². The number of carboxylic acid groups (broad SMARTS) is 1. The van der Waals surface area contributed by atoms with Crippen LogP contribution in [-0.4, -0.2) is 48.2 Å². The number of carbonyl (C=O) groups excluding carboxylic acids is 2. The summed E-state index contributed by atoms with van der Waals surface area (Å²) in [6.07, 6.45) is -4.30. The van der Waals surface area contributed by atoms with Gasteiger partial charge in [0.15, 0.2) is 0 Å². The van der Waals surface area contributed by atoms with Gasteiger partial charge in [0.1, 0.15) is 18.7 Å². The topological polar surface area (TPSA) is 105 Å².